The summed E-state index contributed by atoms with van der Waals surface area (Å²) < 4.78 is 16.6. The molecule has 0 spiro atoms. The second-order valence-electron chi connectivity index (χ2n) is 8.85. The van der Waals surface area contributed by atoms with Crippen LogP contribution in [0, 0.1) is 0 Å². The van der Waals surface area contributed by atoms with E-state index in [9.17, 15) is 9.59 Å². The first-order valence-corrected chi connectivity index (χ1v) is 12.4. The third-order valence-electron chi connectivity index (χ3n) is 6.10. The van der Waals surface area contributed by atoms with Crippen molar-refractivity contribution in [3.63, 3.8) is 0 Å². The normalized spacial score (nSPS) is 16.4. The molecular formula is C27H34N4O5. The number of anilines is 1. The molecule has 0 bridgehead atoms. The first-order chi connectivity index (χ1) is 17.6. The molecule has 2 aromatic rings. The number of carbonyl (C=O) groups is 2. The molecule has 2 heterocycles. The highest BCUT2D eigenvalue weighted by atomic mass is 16.5. The van der Waals surface area contributed by atoms with Crippen molar-refractivity contribution >= 4 is 23.2 Å². The highest BCUT2D eigenvalue weighted by molar-refractivity contribution is 6.04. The zero-order valence-electron chi connectivity index (χ0n) is 21.0. The van der Waals surface area contributed by atoms with E-state index in [1.165, 1.54) is 5.01 Å². The first kappa shape index (κ1) is 25.7. The summed E-state index contributed by atoms with van der Waals surface area (Å²) in [6, 6.07) is 13.3. The van der Waals surface area contributed by atoms with Gasteiger partial charge >= 0.3 is 0 Å². The lowest BCUT2D eigenvalue weighted by atomic mass is 10.0. The minimum Gasteiger partial charge on any atom is -0.493 e. The monoisotopic (exact) mass is 494 g/mol. The molecule has 0 atom stereocenters. The van der Waals surface area contributed by atoms with E-state index in [2.05, 4.69) is 22.2 Å². The van der Waals surface area contributed by atoms with Crippen LogP contribution >= 0.6 is 0 Å². The van der Waals surface area contributed by atoms with Crippen molar-refractivity contribution in [1.29, 1.82) is 0 Å². The van der Waals surface area contributed by atoms with E-state index in [-0.39, 0.29) is 11.8 Å². The molecule has 9 heteroatoms. The molecule has 2 amide bonds. The van der Waals surface area contributed by atoms with Gasteiger partial charge in [-0.3, -0.25) is 14.5 Å². The Bertz CT molecular complexity index is 1080. The number of hydrogen-bond acceptors (Lipinski definition) is 7. The summed E-state index contributed by atoms with van der Waals surface area (Å²) in [5.74, 6) is 1.28. The van der Waals surface area contributed by atoms with Gasteiger partial charge in [-0.1, -0.05) is 19.1 Å². The molecule has 0 saturated carbocycles. The van der Waals surface area contributed by atoms with Gasteiger partial charge in [-0.05, 0) is 42.3 Å². The van der Waals surface area contributed by atoms with Gasteiger partial charge in [0, 0.05) is 37.2 Å². The summed E-state index contributed by atoms with van der Waals surface area (Å²) in [4.78, 5) is 27.0. The number of amides is 2. The number of nitrogens with one attached hydrogen (secondary N) is 1. The van der Waals surface area contributed by atoms with Crippen molar-refractivity contribution in [1.82, 2.24) is 9.91 Å². The second-order valence-corrected chi connectivity index (χ2v) is 8.85. The molecule has 1 N–H and O–H groups in total. The SMILES string of the molecule is CCCOc1cc(C2=NN(Cc3ccc(NC(=O)CN4CCOCC4)cc3)C(=O)CC2)ccc1OC. The second kappa shape index (κ2) is 12.5. The Morgan fingerprint density at radius 3 is 2.58 bits per heavy atom. The quantitative estimate of drug-likeness (QED) is 0.545. The van der Waals surface area contributed by atoms with E-state index in [0.29, 0.717) is 57.3 Å². The van der Waals surface area contributed by atoms with Crippen LogP contribution in [-0.2, 0) is 20.9 Å². The molecule has 1 fully saturated rings. The van der Waals surface area contributed by atoms with E-state index >= 15 is 0 Å². The maximum Gasteiger partial charge on any atom is 0.243 e. The number of methoxy groups -OCH3 is 1. The maximum absolute atomic E-state index is 12.6. The average Bonchev–Trinajstić information content (AvgIpc) is 2.90. The number of carbonyl (C=O) groups excluding carboxylic acids is 2. The van der Waals surface area contributed by atoms with E-state index in [1.54, 1.807) is 7.11 Å². The molecule has 9 nitrogen and oxygen atoms in total. The summed E-state index contributed by atoms with van der Waals surface area (Å²) in [6.45, 7) is 6.21. The summed E-state index contributed by atoms with van der Waals surface area (Å²) >= 11 is 0. The third kappa shape index (κ3) is 6.83. The van der Waals surface area contributed by atoms with E-state index in [0.717, 1.165) is 42.0 Å². The van der Waals surface area contributed by atoms with Crippen LogP contribution in [0.25, 0.3) is 0 Å². The maximum atomic E-state index is 12.6. The van der Waals surface area contributed by atoms with E-state index in [1.807, 2.05) is 42.5 Å². The minimum atomic E-state index is -0.0492. The molecule has 0 aromatic heterocycles. The van der Waals surface area contributed by atoms with Gasteiger partial charge in [0.1, 0.15) is 0 Å². The Morgan fingerprint density at radius 1 is 1.08 bits per heavy atom. The number of rotatable bonds is 10. The predicted molar refractivity (Wildman–Crippen MR) is 137 cm³/mol. The average molecular weight is 495 g/mol. The Labute approximate surface area is 212 Å². The van der Waals surface area contributed by atoms with Crippen LogP contribution in [0.5, 0.6) is 11.5 Å². The highest BCUT2D eigenvalue weighted by Gasteiger charge is 2.22. The number of nitrogens with zero attached hydrogens (tertiary/aromatic N) is 3. The predicted octanol–water partition coefficient (Wildman–Crippen LogP) is 3.28. The summed E-state index contributed by atoms with van der Waals surface area (Å²) in [5.41, 5.74) is 3.41. The smallest absolute Gasteiger partial charge is 0.243 e. The molecule has 0 unspecified atom stereocenters. The van der Waals surface area contributed by atoms with E-state index < -0.39 is 0 Å². The fourth-order valence-corrected chi connectivity index (χ4v) is 4.14. The zero-order chi connectivity index (χ0) is 25.3. The fraction of sp³-hybridized carbons (Fsp3) is 0.444. The van der Waals surface area contributed by atoms with Gasteiger partial charge in [0.15, 0.2) is 11.5 Å². The Kier molecular flexibility index (Phi) is 8.91. The molecule has 2 aromatic carbocycles. The number of morpholine rings is 1. The molecule has 4 rings (SSSR count). The largest absolute Gasteiger partial charge is 0.493 e. The van der Waals surface area contributed by atoms with Crippen molar-refractivity contribution in [2.75, 3.05) is 51.9 Å². The molecule has 2 aliphatic rings. The summed E-state index contributed by atoms with van der Waals surface area (Å²) in [6.07, 6.45) is 1.86. The van der Waals surface area contributed by atoms with Gasteiger partial charge in [0.05, 0.1) is 45.7 Å². The van der Waals surface area contributed by atoms with Crippen LogP contribution in [0.2, 0.25) is 0 Å². The van der Waals surface area contributed by atoms with Gasteiger partial charge in [-0.15, -0.1) is 0 Å². The lowest BCUT2D eigenvalue weighted by molar-refractivity contribution is -0.132. The van der Waals surface area contributed by atoms with Gasteiger partial charge in [0.2, 0.25) is 11.8 Å². The first-order valence-electron chi connectivity index (χ1n) is 12.4. The van der Waals surface area contributed by atoms with E-state index in [4.69, 9.17) is 14.2 Å². The Hall–Kier alpha value is -3.43. The van der Waals surface area contributed by atoms with Crippen molar-refractivity contribution in [2.45, 2.75) is 32.7 Å². The Balaban J connectivity index is 1.39. The van der Waals surface area contributed by atoms with Gasteiger partial charge in [0.25, 0.3) is 0 Å². The molecular weight excluding hydrogens is 460 g/mol. The Morgan fingerprint density at radius 2 is 1.86 bits per heavy atom. The number of benzene rings is 2. The zero-order valence-corrected chi connectivity index (χ0v) is 21.0. The number of hydrazone groups is 1. The molecule has 192 valence electrons. The van der Waals surface area contributed by atoms with Crippen molar-refractivity contribution in [2.24, 2.45) is 5.10 Å². The van der Waals surface area contributed by atoms with Crippen molar-refractivity contribution in [3.8, 4) is 11.5 Å². The van der Waals surface area contributed by atoms with Gasteiger partial charge in [-0.2, -0.15) is 5.10 Å². The third-order valence-corrected chi connectivity index (χ3v) is 6.10. The van der Waals surface area contributed by atoms with Crippen LogP contribution < -0.4 is 14.8 Å². The standard InChI is InChI=1S/C27H34N4O5/c1-3-14-36-25-17-21(6-10-24(25)34-2)23-9-11-27(33)31(29-23)18-20-4-7-22(8-5-20)28-26(32)19-30-12-15-35-16-13-30/h4-8,10,17H,3,9,11-16,18-19H2,1-2H3,(H,28,32). The topological polar surface area (TPSA) is 92.7 Å². The van der Waals surface area contributed by atoms with Crippen LogP contribution in [0.1, 0.15) is 37.3 Å². The van der Waals surface area contributed by atoms with Crippen LogP contribution in [0.15, 0.2) is 47.6 Å². The van der Waals surface area contributed by atoms with Crippen molar-refractivity contribution in [3.05, 3.63) is 53.6 Å². The molecule has 0 aliphatic carbocycles. The van der Waals surface area contributed by atoms with Crippen molar-refractivity contribution < 1.29 is 23.8 Å². The van der Waals surface area contributed by atoms with Crippen LogP contribution in [0.4, 0.5) is 5.69 Å². The molecule has 36 heavy (non-hydrogen) atoms. The van der Waals surface area contributed by atoms with Crippen LogP contribution in [0.3, 0.4) is 0 Å². The molecule has 1 saturated heterocycles. The minimum absolute atomic E-state index is 0.0161. The highest BCUT2D eigenvalue weighted by Crippen LogP contribution is 2.30. The molecule has 0 radical (unpaired) electrons. The lowest BCUT2D eigenvalue weighted by Gasteiger charge is -2.25. The molecule has 2 aliphatic heterocycles. The number of ether oxygens (including phenoxy) is 3. The summed E-state index contributed by atoms with van der Waals surface area (Å²) in [7, 11) is 1.62. The van der Waals surface area contributed by atoms with Gasteiger partial charge < -0.3 is 19.5 Å². The number of hydrogen-bond donors (Lipinski definition) is 1. The lowest BCUT2D eigenvalue weighted by Crippen LogP contribution is -2.41. The van der Waals surface area contributed by atoms with Gasteiger partial charge in [-0.25, -0.2) is 5.01 Å². The summed E-state index contributed by atoms with van der Waals surface area (Å²) in [5, 5.41) is 9.11. The fourth-order valence-electron chi connectivity index (χ4n) is 4.14. The van der Waals surface area contributed by atoms with Crippen LogP contribution in [-0.4, -0.2) is 74.0 Å².